The van der Waals surface area contributed by atoms with Crippen molar-refractivity contribution in [3.05, 3.63) is 42.0 Å². The van der Waals surface area contributed by atoms with Crippen molar-refractivity contribution in [2.24, 2.45) is 5.92 Å². The predicted molar refractivity (Wildman–Crippen MR) is 83.5 cm³/mol. The number of amides is 2. The molecule has 2 rings (SSSR count). The molecule has 0 aliphatic carbocycles. The Morgan fingerprint density at radius 2 is 1.57 bits per heavy atom. The first-order valence-corrected chi connectivity index (χ1v) is 7.39. The van der Waals surface area contributed by atoms with Crippen LogP contribution in [0.25, 0.3) is 6.08 Å². The molecule has 0 bridgehead atoms. The standard InChI is InChI=1S/C17H22N2O2/c1-14(2)17(21)19-12-10-18(11-13-19)16(20)9-8-15-6-4-3-5-7-15/h3-9,14H,10-13H2,1-2H3/b9-8+. The largest absolute Gasteiger partial charge is 0.339 e. The summed E-state index contributed by atoms with van der Waals surface area (Å²) >= 11 is 0. The van der Waals surface area contributed by atoms with E-state index in [1.165, 1.54) is 0 Å². The van der Waals surface area contributed by atoms with Crippen molar-refractivity contribution < 1.29 is 9.59 Å². The van der Waals surface area contributed by atoms with Crippen molar-refractivity contribution in [1.29, 1.82) is 0 Å². The van der Waals surface area contributed by atoms with Crippen molar-refractivity contribution in [1.82, 2.24) is 9.80 Å². The lowest BCUT2D eigenvalue weighted by Gasteiger charge is -2.35. The summed E-state index contributed by atoms with van der Waals surface area (Å²) in [5, 5.41) is 0. The fourth-order valence-corrected chi connectivity index (χ4v) is 2.35. The summed E-state index contributed by atoms with van der Waals surface area (Å²) in [7, 11) is 0. The van der Waals surface area contributed by atoms with Gasteiger partial charge in [-0.1, -0.05) is 44.2 Å². The molecule has 4 nitrogen and oxygen atoms in total. The summed E-state index contributed by atoms with van der Waals surface area (Å²) in [6.07, 6.45) is 3.43. The van der Waals surface area contributed by atoms with Gasteiger partial charge in [0.15, 0.2) is 0 Å². The quantitative estimate of drug-likeness (QED) is 0.798. The van der Waals surface area contributed by atoms with Gasteiger partial charge in [0, 0.05) is 38.2 Å². The number of rotatable bonds is 3. The van der Waals surface area contributed by atoms with Crippen molar-refractivity contribution >= 4 is 17.9 Å². The predicted octanol–water partition coefficient (Wildman–Crippen LogP) is 2.03. The molecule has 0 aromatic heterocycles. The highest BCUT2D eigenvalue weighted by atomic mass is 16.2. The first-order valence-electron chi connectivity index (χ1n) is 7.39. The minimum atomic E-state index is 0.00972. The fraction of sp³-hybridized carbons (Fsp3) is 0.412. The van der Waals surface area contributed by atoms with E-state index in [1.54, 1.807) is 11.0 Å². The molecule has 21 heavy (non-hydrogen) atoms. The molecule has 2 amide bonds. The smallest absolute Gasteiger partial charge is 0.246 e. The van der Waals surface area contributed by atoms with E-state index in [0.717, 1.165) is 5.56 Å². The number of hydrogen-bond acceptors (Lipinski definition) is 2. The average Bonchev–Trinajstić information content (AvgIpc) is 2.53. The summed E-state index contributed by atoms with van der Waals surface area (Å²) in [5.41, 5.74) is 1.01. The van der Waals surface area contributed by atoms with Crippen LogP contribution in [0.4, 0.5) is 0 Å². The molecule has 0 radical (unpaired) electrons. The van der Waals surface area contributed by atoms with Crippen molar-refractivity contribution in [2.75, 3.05) is 26.2 Å². The SMILES string of the molecule is CC(C)C(=O)N1CCN(C(=O)/C=C/c2ccccc2)CC1. The van der Waals surface area contributed by atoms with Crippen LogP contribution in [0.3, 0.4) is 0 Å². The van der Waals surface area contributed by atoms with E-state index in [0.29, 0.717) is 26.2 Å². The van der Waals surface area contributed by atoms with Crippen LogP contribution in [0.5, 0.6) is 0 Å². The van der Waals surface area contributed by atoms with E-state index >= 15 is 0 Å². The van der Waals surface area contributed by atoms with Crippen molar-refractivity contribution in [3.8, 4) is 0 Å². The molecule has 1 heterocycles. The molecular formula is C17H22N2O2. The first kappa shape index (κ1) is 15.3. The summed E-state index contributed by atoms with van der Waals surface area (Å²) in [6, 6.07) is 9.76. The lowest BCUT2D eigenvalue weighted by atomic mass is 10.1. The van der Waals surface area contributed by atoms with Crippen LogP contribution in [-0.2, 0) is 9.59 Å². The molecule has 1 aliphatic rings. The second kappa shape index (κ2) is 7.07. The summed E-state index contributed by atoms with van der Waals surface area (Å²) < 4.78 is 0. The van der Waals surface area contributed by atoms with Gasteiger partial charge in [-0.2, -0.15) is 0 Å². The second-order valence-electron chi connectivity index (χ2n) is 5.55. The number of benzene rings is 1. The van der Waals surface area contributed by atoms with Gasteiger partial charge in [-0.25, -0.2) is 0 Å². The van der Waals surface area contributed by atoms with Gasteiger partial charge in [0.1, 0.15) is 0 Å². The molecule has 1 aliphatic heterocycles. The number of carbonyl (C=O) groups is 2. The lowest BCUT2D eigenvalue weighted by Crippen LogP contribution is -2.51. The molecule has 1 aromatic rings. The van der Waals surface area contributed by atoms with Crippen LogP contribution in [0, 0.1) is 5.92 Å². The highest BCUT2D eigenvalue weighted by Gasteiger charge is 2.24. The molecule has 0 spiro atoms. The van der Waals surface area contributed by atoms with Gasteiger partial charge < -0.3 is 9.80 Å². The average molecular weight is 286 g/mol. The number of piperazine rings is 1. The van der Waals surface area contributed by atoms with E-state index in [4.69, 9.17) is 0 Å². The maximum Gasteiger partial charge on any atom is 0.246 e. The van der Waals surface area contributed by atoms with Crippen LogP contribution in [0.1, 0.15) is 19.4 Å². The lowest BCUT2D eigenvalue weighted by molar-refractivity contribution is -0.139. The topological polar surface area (TPSA) is 40.6 Å². The maximum absolute atomic E-state index is 12.1. The molecular weight excluding hydrogens is 264 g/mol. The van der Waals surface area contributed by atoms with Gasteiger partial charge in [-0.15, -0.1) is 0 Å². The number of hydrogen-bond donors (Lipinski definition) is 0. The van der Waals surface area contributed by atoms with Gasteiger partial charge in [0.2, 0.25) is 11.8 Å². The Balaban J connectivity index is 1.86. The van der Waals surface area contributed by atoms with E-state index in [1.807, 2.05) is 55.2 Å². The molecule has 4 heteroatoms. The Labute approximate surface area is 126 Å². The molecule has 0 N–H and O–H groups in total. The van der Waals surface area contributed by atoms with E-state index < -0.39 is 0 Å². The Morgan fingerprint density at radius 3 is 2.14 bits per heavy atom. The summed E-state index contributed by atoms with van der Waals surface area (Å²) in [4.78, 5) is 27.6. The normalized spacial score (nSPS) is 15.8. The van der Waals surface area contributed by atoms with Gasteiger partial charge >= 0.3 is 0 Å². The minimum Gasteiger partial charge on any atom is -0.339 e. The molecule has 1 fully saturated rings. The van der Waals surface area contributed by atoms with Gasteiger partial charge in [0.05, 0.1) is 0 Å². The van der Waals surface area contributed by atoms with E-state index in [9.17, 15) is 9.59 Å². The third-order valence-electron chi connectivity index (χ3n) is 3.61. The maximum atomic E-state index is 12.1. The first-order chi connectivity index (χ1) is 10.1. The molecule has 1 aromatic carbocycles. The highest BCUT2D eigenvalue weighted by Crippen LogP contribution is 2.08. The third kappa shape index (κ3) is 4.18. The molecule has 1 saturated heterocycles. The summed E-state index contributed by atoms with van der Waals surface area (Å²) in [5.74, 6) is 0.197. The number of carbonyl (C=O) groups excluding carboxylic acids is 2. The monoisotopic (exact) mass is 286 g/mol. The van der Waals surface area contributed by atoms with E-state index in [-0.39, 0.29) is 17.7 Å². The Hall–Kier alpha value is -2.10. The zero-order valence-electron chi connectivity index (χ0n) is 12.7. The van der Waals surface area contributed by atoms with Gasteiger partial charge in [-0.05, 0) is 11.6 Å². The highest BCUT2D eigenvalue weighted by molar-refractivity contribution is 5.92. The molecule has 0 atom stereocenters. The zero-order valence-corrected chi connectivity index (χ0v) is 12.7. The number of nitrogens with zero attached hydrogens (tertiary/aromatic N) is 2. The van der Waals surface area contributed by atoms with Crippen LogP contribution in [-0.4, -0.2) is 47.8 Å². The van der Waals surface area contributed by atoms with E-state index in [2.05, 4.69) is 0 Å². The summed E-state index contributed by atoms with van der Waals surface area (Å²) in [6.45, 7) is 6.28. The van der Waals surface area contributed by atoms with Gasteiger partial charge in [-0.3, -0.25) is 9.59 Å². The Morgan fingerprint density at radius 1 is 1.00 bits per heavy atom. The Bertz CT molecular complexity index is 515. The zero-order chi connectivity index (χ0) is 15.2. The second-order valence-corrected chi connectivity index (χ2v) is 5.55. The molecule has 0 saturated carbocycles. The minimum absolute atomic E-state index is 0.00972. The third-order valence-corrected chi connectivity index (χ3v) is 3.61. The Kier molecular flexibility index (Phi) is 5.14. The van der Waals surface area contributed by atoms with Crippen molar-refractivity contribution in [2.45, 2.75) is 13.8 Å². The van der Waals surface area contributed by atoms with Crippen LogP contribution >= 0.6 is 0 Å². The van der Waals surface area contributed by atoms with Crippen LogP contribution < -0.4 is 0 Å². The van der Waals surface area contributed by atoms with Crippen LogP contribution in [0.2, 0.25) is 0 Å². The van der Waals surface area contributed by atoms with Crippen molar-refractivity contribution in [3.63, 3.8) is 0 Å². The van der Waals surface area contributed by atoms with Crippen LogP contribution in [0.15, 0.2) is 36.4 Å². The molecule has 112 valence electrons. The fourth-order valence-electron chi connectivity index (χ4n) is 2.35. The van der Waals surface area contributed by atoms with Gasteiger partial charge in [0.25, 0.3) is 0 Å². The molecule has 0 unspecified atom stereocenters.